The summed E-state index contributed by atoms with van der Waals surface area (Å²) in [5.41, 5.74) is 1.04. The summed E-state index contributed by atoms with van der Waals surface area (Å²) in [4.78, 5) is 23.7. The normalized spacial score (nSPS) is 19.5. The van der Waals surface area contributed by atoms with Crippen molar-refractivity contribution in [3.63, 3.8) is 0 Å². The smallest absolute Gasteiger partial charge is 0.308 e. The van der Waals surface area contributed by atoms with Crippen molar-refractivity contribution in [1.29, 1.82) is 0 Å². The number of hydrogen-bond donors (Lipinski definition) is 1. The highest BCUT2D eigenvalue weighted by molar-refractivity contribution is 6.30. The third kappa shape index (κ3) is 7.54. The van der Waals surface area contributed by atoms with Gasteiger partial charge < -0.3 is 14.8 Å². The highest BCUT2D eigenvalue weighted by Gasteiger charge is 2.27. The van der Waals surface area contributed by atoms with E-state index in [9.17, 15) is 9.59 Å². The minimum atomic E-state index is -0.134. The quantitative estimate of drug-likeness (QED) is 0.470. The number of hydrogen-bond acceptors (Lipinski definition) is 4. The molecule has 1 saturated carbocycles. The molecule has 1 N–H and O–H groups in total. The summed E-state index contributed by atoms with van der Waals surface area (Å²) in [6.45, 7) is 6.97. The van der Waals surface area contributed by atoms with Crippen molar-refractivity contribution in [2.45, 2.75) is 77.2 Å². The summed E-state index contributed by atoms with van der Waals surface area (Å²) in [5, 5.41) is 3.80. The first-order valence-corrected chi connectivity index (χ1v) is 10.9. The van der Waals surface area contributed by atoms with E-state index >= 15 is 0 Å². The van der Waals surface area contributed by atoms with Crippen LogP contribution in [0.4, 0.5) is 0 Å². The van der Waals surface area contributed by atoms with E-state index in [-0.39, 0.29) is 29.3 Å². The van der Waals surface area contributed by atoms with Gasteiger partial charge in [0, 0.05) is 23.0 Å². The second-order valence-corrected chi connectivity index (χ2v) is 9.27. The third-order valence-corrected chi connectivity index (χ3v) is 5.67. The number of carbonyl (C=O) groups excluding carboxylic acids is 2. The molecule has 1 fully saturated rings. The van der Waals surface area contributed by atoms with Crippen LogP contribution < -0.4 is 10.1 Å². The fraction of sp³-hybridized carbons (Fsp3) is 0.652. The Labute approximate surface area is 179 Å². The number of benzene rings is 1. The van der Waals surface area contributed by atoms with Gasteiger partial charge in [-0.25, -0.2) is 0 Å². The van der Waals surface area contributed by atoms with Crippen LogP contribution in [0.5, 0.6) is 5.75 Å². The second kappa shape index (κ2) is 10.9. The van der Waals surface area contributed by atoms with Gasteiger partial charge in [0.2, 0.25) is 5.91 Å². The van der Waals surface area contributed by atoms with Gasteiger partial charge in [0.25, 0.3) is 0 Å². The van der Waals surface area contributed by atoms with Gasteiger partial charge in [-0.15, -0.1) is 0 Å². The molecule has 0 aromatic heterocycles. The third-order valence-electron chi connectivity index (χ3n) is 5.43. The van der Waals surface area contributed by atoms with Crippen LogP contribution in [0.1, 0.15) is 71.3 Å². The molecule has 0 atom stereocenters. The molecular formula is C23H34ClNO4. The monoisotopic (exact) mass is 423 g/mol. The van der Waals surface area contributed by atoms with E-state index in [1.165, 1.54) is 7.11 Å². The van der Waals surface area contributed by atoms with Gasteiger partial charge in [-0.2, -0.15) is 0 Å². The molecule has 0 unspecified atom stereocenters. The van der Waals surface area contributed by atoms with E-state index < -0.39 is 0 Å². The second-order valence-electron chi connectivity index (χ2n) is 8.84. The minimum Gasteiger partial charge on any atom is -0.493 e. The zero-order valence-corrected chi connectivity index (χ0v) is 18.8. The maximum Gasteiger partial charge on any atom is 0.308 e. The molecule has 1 aromatic rings. The number of unbranched alkanes of at least 4 members (excludes halogenated alkanes) is 1. The van der Waals surface area contributed by atoms with Gasteiger partial charge in [0.05, 0.1) is 19.6 Å². The van der Waals surface area contributed by atoms with Crippen molar-refractivity contribution in [3.8, 4) is 5.75 Å². The van der Waals surface area contributed by atoms with Gasteiger partial charge in [0.1, 0.15) is 5.75 Å². The fourth-order valence-electron chi connectivity index (χ4n) is 3.72. The predicted octanol–water partition coefficient (Wildman–Crippen LogP) is 5.03. The molecule has 1 aromatic carbocycles. The molecule has 1 aliphatic carbocycles. The molecule has 29 heavy (non-hydrogen) atoms. The SMILES string of the molecule is COC(=O)C1CCC(NC(=O)CCCCOc2ccc(Cl)cc2C(C)(C)C)CC1. The number of methoxy groups -OCH3 is 1. The Morgan fingerprint density at radius 1 is 1.14 bits per heavy atom. The van der Waals surface area contributed by atoms with Crippen LogP contribution in [-0.2, 0) is 19.7 Å². The highest BCUT2D eigenvalue weighted by Crippen LogP contribution is 2.33. The molecule has 0 heterocycles. The topological polar surface area (TPSA) is 64.6 Å². The summed E-state index contributed by atoms with van der Waals surface area (Å²) in [5.74, 6) is 0.781. The molecule has 6 heteroatoms. The van der Waals surface area contributed by atoms with Crippen LogP contribution in [0.3, 0.4) is 0 Å². The molecule has 0 bridgehead atoms. The molecule has 0 saturated heterocycles. The Hall–Kier alpha value is -1.75. The first kappa shape index (κ1) is 23.5. The largest absolute Gasteiger partial charge is 0.493 e. The first-order valence-electron chi connectivity index (χ1n) is 10.5. The number of nitrogens with one attached hydrogen (secondary N) is 1. The number of rotatable bonds is 8. The van der Waals surface area contributed by atoms with Gasteiger partial charge in [-0.05, 0) is 62.1 Å². The van der Waals surface area contributed by atoms with Crippen molar-refractivity contribution in [3.05, 3.63) is 28.8 Å². The van der Waals surface area contributed by atoms with Crippen LogP contribution in [-0.4, -0.2) is 31.6 Å². The molecule has 5 nitrogen and oxygen atoms in total. The lowest BCUT2D eigenvalue weighted by molar-refractivity contribution is -0.146. The van der Waals surface area contributed by atoms with Crippen molar-refractivity contribution in [2.24, 2.45) is 5.92 Å². The van der Waals surface area contributed by atoms with E-state index in [2.05, 4.69) is 26.1 Å². The lowest BCUT2D eigenvalue weighted by Gasteiger charge is -2.27. The summed E-state index contributed by atoms with van der Waals surface area (Å²) >= 11 is 6.13. The van der Waals surface area contributed by atoms with Crippen LogP contribution in [0, 0.1) is 5.92 Å². The van der Waals surface area contributed by atoms with Crippen LogP contribution >= 0.6 is 11.6 Å². The number of amides is 1. The molecule has 1 aliphatic rings. The summed E-state index contributed by atoms with van der Waals surface area (Å²) in [6.07, 6.45) is 5.32. The summed E-state index contributed by atoms with van der Waals surface area (Å²) in [7, 11) is 1.43. The highest BCUT2D eigenvalue weighted by atomic mass is 35.5. The van der Waals surface area contributed by atoms with Gasteiger partial charge in [0.15, 0.2) is 0 Å². The Kier molecular flexibility index (Phi) is 8.81. The molecular weight excluding hydrogens is 390 g/mol. The zero-order chi connectivity index (χ0) is 21.4. The molecule has 0 aliphatic heterocycles. The Bertz CT molecular complexity index is 691. The average Bonchev–Trinajstić information content (AvgIpc) is 2.68. The van der Waals surface area contributed by atoms with E-state index in [0.29, 0.717) is 18.1 Å². The molecule has 162 valence electrons. The van der Waals surface area contributed by atoms with E-state index in [1.54, 1.807) is 0 Å². The summed E-state index contributed by atoms with van der Waals surface area (Å²) in [6, 6.07) is 5.89. The maximum absolute atomic E-state index is 12.2. The van der Waals surface area contributed by atoms with Crippen molar-refractivity contribution in [1.82, 2.24) is 5.32 Å². The number of carbonyl (C=O) groups is 2. The number of halogens is 1. The van der Waals surface area contributed by atoms with Gasteiger partial charge in [-0.3, -0.25) is 9.59 Å². The van der Waals surface area contributed by atoms with Gasteiger partial charge in [-0.1, -0.05) is 32.4 Å². The van der Waals surface area contributed by atoms with E-state index in [1.807, 2.05) is 18.2 Å². The lowest BCUT2D eigenvalue weighted by Crippen LogP contribution is -2.38. The van der Waals surface area contributed by atoms with Crippen molar-refractivity contribution < 1.29 is 19.1 Å². The molecule has 0 radical (unpaired) electrons. The minimum absolute atomic E-state index is 0.0174. The molecule has 0 spiro atoms. The fourth-order valence-corrected chi connectivity index (χ4v) is 3.90. The Morgan fingerprint density at radius 3 is 2.45 bits per heavy atom. The lowest BCUT2D eigenvalue weighted by atomic mass is 9.86. The van der Waals surface area contributed by atoms with Crippen LogP contribution in [0.25, 0.3) is 0 Å². The Morgan fingerprint density at radius 2 is 1.83 bits per heavy atom. The van der Waals surface area contributed by atoms with E-state index in [0.717, 1.165) is 49.8 Å². The maximum atomic E-state index is 12.2. The van der Waals surface area contributed by atoms with Gasteiger partial charge >= 0.3 is 5.97 Å². The molecule has 1 amide bonds. The molecule has 2 rings (SSSR count). The number of ether oxygens (including phenoxy) is 2. The van der Waals surface area contributed by atoms with Crippen molar-refractivity contribution in [2.75, 3.05) is 13.7 Å². The average molecular weight is 424 g/mol. The van der Waals surface area contributed by atoms with Crippen LogP contribution in [0.15, 0.2) is 18.2 Å². The number of esters is 1. The predicted molar refractivity (Wildman–Crippen MR) is 115 cm³/mol. The summed E-state index contributed by atoms with van der Waals surface area (Å²) < 4.78 is 10.8. The standard InChI is InChI=1S/C23H34ClNO4/c1-23(2,3)19-15-17(24)10-13-20(19)29-14-6-5-7-21(26)25-18-11-8-16(9-12-18)22(27)28-4/h10,13,15-16,18H,5-9,11-12,14H2,1-4H3,(H,25,26). The van der Waals surface area contributed by atoms with Crippen LogP contribution in [0.2, 0.25) is 5.02 Å². The van der Waals surface area contributed by atoms with Crippen molar-refractivity contribution >= 4 is 23.5 Å². The first-order chi connectivity index (χ1) is 13.7. The van der Waals surface area contributed by atoms with E-state index in [4.69, 9.17) is 21.1 Å². The zero-order valence-electron chi connectivity index (χ0n) is 18.1. The Balaban J connectivity index is 1.66.